The maximum absolute atomic E-state index is 5.58. The van der Waals surface area contributed by atoms with E-state index >= 15 is 0 Å². The van der Waals surface area contributed by atoms with Crippen LogP contribution in [0, 0.1) is 5.92 Å². The summed E-state index contributed by atoms with van der Waals surface area (Å²) >= 11 is 0. The van der Waals surface area contributed by atoms with Crippen molar-refractivity contribution in [1.82, 2.24) is 5.32 Å². The molecule has 1 heterocycles. The van der Waals surface area contributed by atoms with Gasteiger partial charge in [0.25, 0.3) is 0 Å². The summed E-state index contributed by atoms with van der Waals surface area (Å²) in [7, 11) is 0. The highest BCUT2D eigenvalue weighted by Crippen LogP contribution is 2.30. The van der Waals surface area contributed by atoms with Crippen molar-refractivity contribution < 1.29 is 9.47 Å². The number of rotatable bonds is 6. The fourth-order valence-electron chi connectivity index (χ4n) is 1.97. The summed E-state index contributed by atoms with van der Waals surface area (Å²) in [5.41, 5.74) is 1.30. The molecule has 0 saturated heterocycles. The minimum absolute atomic E-state index is 0.655. The summed E-state index contributed by atoms with van der Waals surface area (Å²) in [6.07, 6.45) is 2.27. The zero-order valence-electron chi connectivity index (χ0n) is 11.4. The highest BCUT2D eigenvalue weighted by atomic mass is 16.6. The quantitative estimate of drug-likeness (QED) is 0.786. The fourth-order valence-corrected chi connectivity index (χ4v) is 1.97. The van der Waals surface area contributed by atoms with Crippen LogP contribution in [0.2, 0.25) is 0 Å². The first kappa shape index (κ1) is 13.2. The minimum atomic E-state index is 0.655. The van der Waals surface area contributed by atoms with Crippen LogP contribution in [0.1, 0.15) is 25.8 Å². The average molecular weight is 249 g/mol. The van der Waals surface area contributed by atoms with Crippen molar-refractivity contribution in [3.63, 3.8) is 0 Å². The highest BCUT2D eigenvalue weighted by Gasteiger charge is 2.11. The van der Waals surface area contributed by atoms with E-state index in [1.807, 2.05) is 6.07 Å². The molecular weight excluding hydrogens is 226 g/mol. The first-order valence-electron chi connectivity index (χ1n) is 6.89. The Morgan fingerprint density at radius 2 is 2.00 bits per heavy atom. The van der Waals surface area contributed by atoms with Crippen molar-refractivity contribution in [3.05, 3.63) is 23.8 Å². The normalized spacial score (nSPS) is 15.4. The Balaban J connectivity index is 1.79. The summed E-state index contributed by atoms with van der Waals surface area (Å²) in [5, 5.41) is 3.49. The van der Waals surface area contributed by atoms with Crippen molar-refractivity contribution in [1.29, 1.82) is 0 Å². The molecule has 2 rings (SSSR count). The zero-order valence-corrected chi connectivity index (χ0v) is 11.4. The summed E-state index contributed by atoms with van der Waals surface area (Å²) in [4.78, 5) is 0. The third kappa shape index (κ3) is 3.64. The maximum Gasteiger partial charge on any atom is 0.161 e. The summed E-state index contributed by atoms with van der Waals surface area (Å²) in [6, 6.07) is 6.23. The molecule has 0 saturated carbocycles. The summed E-state index contributed by atoms with van der Waals surface area (Å²) in [6.45, 7) is 7.93. The number of ether oxygens (including phenoxy) is 2. The van der Waals surface area contributed by atoms with E-state index in [1.54, 1.807) is 0 Å². The smallest absolute Gasteiger partial charge is 0.161 e. The van der Waals surface area contributed by atoms with Gasteiger partial charge in [-0.1, -0.05) is 26.3 Å². The molecular formula is C15H23NO2. The summed E-state index contributed by atoms with van der Waals surface area (Å²) < 4.78 is 11.1. The van der Waals surface area contributed by atoms with Crippen molar-refractivity contribution >= 4 is 0 Å². The monoisotopic (exact) mass is 249 g/mol. The third-order valence-corrected chi connectivity index (χ3v) is 3.39. The van der Waals surface area contributed by atoms with E-state index in [4.69, 9.17) is 9.47 Å². The Morgan fingerprint density at radius 3 is 2.78 bits per heavy atom. The standard InChI is InChI=1S/C15H23NO2/c1-3-12(2)11-16-7-6-13-4-5-14-15(10-13)18-9-8-17-14/h4-5,10,12,16H,3,6-9,11H2,1-2H3. The number of hydrogen-bond acceptors (Lipinski definition) is 3. The zero-order chi connectivity index (χ0) is 12.8. The van der Waals surface area contributed by atoms with Crippen LogP contribution in [0.3, 0.4) is 0 Å². The SMILES string of the molecule is CCC(C)CNCCc1ccc2c(c1)OCCO2. The van der Waals surface area contributed by atoms with Gasteiger partial charge in [0.1, 0.15) is 13.2 Å². The largest absolute Gasteiger partial charge is 0.486 e. The van der Waals surface area contributed by atoms with Gasteiger partial charge in [0.05, 0.1) is 0 Å². The average Bonchev–Trinajstić information content (AvgIpc) is 2.43. The topological polar surface area (TPSA) is 30.5 Å². The molecule has 1 aliphatic rings. The van der Waals surface area contributed by atoms with Crippen molar-refractivity contribution in [2.24, 2.45) is 5.92 Å². The molecule has 0 spiro atoms. The lowest BCUT2D eigenvalue weighted by molar-refractivity contribution is 0.171. The lowest BCUT2D eigenvalue weighted by Crippen LogP contribution is -2.23. The third-order valence-electron chi connectivity index (χ3n) is 3.39. The number of fused-ring (bicyclic) bond motifs is 1. The van der Waals surface area contributed by atoms with Crippen LogP contribution in [0.15, 0.2) is 18.2 Å². The van der Waals surface area contributed by atoms with Crippen LogP contribution in [0.25, 0.3) is 0 Å². The van der Waals surface area contributed by atoms with Crippen LogP contribution in [-0.2, 0) is 6.42 Å². The van der Waals surface area contributed by atoms with Crippen LogP contribution in [0.4, 0.5) is 0 Å². The van der Waals surface area contributed by atoms with Gasteiger partial charge in [-0.3, -0.25) is 0 Å². The van der Waals surface area contributed by atoms with Gasteiger partial charge in [0.15, 0.2) is 11.5 Å². The lowest BCUT2D eigenvalue weighted by atomic mass is 10.1. The molecule has 0 fully saturated rings. The molecule has 0 aliphatic carbocycles. The van der Waals surface area contributed by atoms with Gasteiger partial charge >= 0.3 is 0 Å². The van der Waals surface area contributed by atoms with Crippen LogP contribution < -0.4 is 14.8 Å². The molecule has 1 N–H and O–H groups in total. The van der Waals surface area contributed by atoms with E-state index in [2.05, 4.69) is 31.3 Å². The highest BCUT2D eigenvalue weighted by molar-refractivity contribution is 5.43. The lowest BCUT2D eigenvalue weighted by Gasteiger charge is -2.19. The van der Waals surface area contributed by atoms with Gasteiger partial charge in [-0.05, 0) is 43.1 Å². The molecule has 0 amide bonds. The van der Waals surface area contributed by atoms with E-state index in [0.717, 1.165) is 36.9 Å². The Bertz CT molecular complexity index is 379. The van der Waals surface area contributed by atoms with Crippen LogP contribution in [-0.4, -0.2) is 26.3 Å². The number of hydrogen-bond donors (Lipinski definition) is 1. The van der Waals surface area contributed by atoms with E-state index in [0.29, 0.717) is 13.2 Å². The number of nitrogens with one attached hydrogen (secondary N) is 1. The molecule has 1 aromatic rings. The predicted octanol–water partition coefficient (Wildman–Crippen LogP) is 2.64. The second-order valence-electron chi connectivity index (χ2n) is 4.95. The molecule has 3 nitrogen and oxygen atoms in total. The molecule has 1 aliphatic heterocycles. The molecule has 1 atom stereocenters. The van der Waals surface area contributed by atoms with Gasteiger partial charge in [0, 0.05) is 0 Å². The Hall–Kier alpha value is -1.22. The molecule has 0 radical (unpaired) electrons. The molecule has 18 heavy (non-hydrogen) atoms. The van der Waals surface area contributed by atoms with E-state index < -0.39 is 0 Å². The first-order valence-corrected chi connectivity index (χ1v) is 6.89. The molecule has 100 valence electrons. The van der Waals surface area contributed by atoms with E-state index in [1.165, 1.54) is 12.0 Å². The van der Waals surface area contributed by atoms with Crippen molar-refractivity contribution in [2.75, 3.05) is 26.3 Å². The maximum atomic E-state index is 5.58. The second-order valence-corrected chi connectivity index (χ2v) is 4.95. The molecule has 0 aromatic heterocycles. The van der Waals surface area contributed by atoms with Crippen LogP contribution >= 0.6 is 0 Å². The van der Waals surface area contributed by atoms with Gasteiger partial charge < -0.3 is 14.8 Å². The van der Waals surface area contributed by atoms with Gasteiger partial charge in [-0.25, -0.2) is 0 Å². The Labute approximate surface area is 109 Å². The van der Waals surface area contributed by atoms with Crippen molar-refractivity contribution in [3.8, 4) is 11.5 Å². The van der Waals surface area contributed by atoms with E-state index in [-0.39, 0.29) is 0 Å². The number of benzene rings is 1. The summed E-state index contributed by atoms with van der Waals surface area (Å²) in [5.74, 6) is 2.52. The molecule has 0 bridgehead atoms. The van der Waals surface area contributed by atoms with Gasteiger partial charge in [0.2, 0.25) is 0 Å². The Kier molecular flexibility index (Phi) is 4.88. The molecule has 1 unspecified atom stereocenters. The minimum Gasteiger partial charge on any atom is -0.486 e. The fraction of sp³-hybridized carbons (Fsp3) is 0.600. The van der Waals surface area contributed by atoms with Gasteiger partial charge in [-0.2, -0.15) is 0 Å². The molecule has 1 aromatic carbocycles. The van der Waals surface area contributed by atoms with Gasteiger partial charge in [-0.15, -0.1) is 0 Å². The second kappa shape index (κ2) is 6.64. The van der Waals surface area contributed by atoms with Crippen molar-refractivity contribution in [2.45, 2.75) is 26.7 Å². The van der Waals surface area contributed by atoms with Crippen LogP contribution in [0.5, 0.6) is 11.5 Å². The predicted molar refractivity (Wildman–Crippen MR) is 73.5 cm³/mol. The molecule has 3 heteroatoms. The first-order chi connectivity index (χ1) is 8.79. The van der Waals surface area contributed by atoms with E-state index in [9.17, 15) is 0 Å². The Morgan fingerprint density at radius 1 is 1.22 bits per heavy atom.